The number of fused-ring (bicyclic) bond motifs is 1. The largest absolute Gasteiger partial charge is 0.497 e. The van der Waals surface area contributed by atoms with E-state index in [1.54, 1.807) is 49.1 Å². The van der Waals surface area contributed by atoms with Crippen molar-refractivity contribution in [2.24, 2.45) is 7.05 Å². The number of hydrogen-bond donors (Lipinski definition) is 0. The molecule has 1 unspecified atom stereocenters. The van der Waals surface area contributed by atoms with Crippen LogP contribution >= 0.6 is 0 Å². The van der Waals surface area contributed by atoms with Crippen molar-refractivity contribution in [2.75, 3.05) is 25.1 Å². The molecule has 0 saturated carbocycles. The summed E-state index contributed by atoms with van der Waals surface area (Å²) in [5.74, 6) is 0.719. The van der Waals surface area contributed by atoms with Gasteiger partial charge in [-0.1, -0.05) is 20.4 Å². The van der Waals surface area contributed by atoms with Gasteiger partial charge in [0.2, 0.25) is 5.52 Å². The first-order valence-corrected chi connectivity index (χ1v) is 12.1. The Morgan fingerprint density at radius 1 is 1.23 bits per heavy atom. The van der Waals surface area contributed by atoms with Crippen LogP contribution in [0, 0.1) is 12.4 Å². The Morgan fingerprint density at radius 3 is 2.66 bits per heavy atom. The summed E-state index contributed by atoms with van der Waals surface area (Å²) in [4.78, 5) is 25.5. The maximum Gasteiger partial charge on any atom is 0.270 e. The van der Waals surface area contributed by atoms with E-state index in [0.717, 1.165) is 18.5 Å². The lowest BCUT2D eigenvalue weighted by Gasteiger charge is -2.49. The Kier molecular flexibility index (Phi) is 7.08. The van der Waals surface area contributed by atoms with Gasteiger partial charge in [-0.3, -0.25) is 9.69 Å². The van der Waals surface area contributed by atoms with Gasteiger partial charge in [0.05, 0.1) is 18.3 Å². The van der Waals surface area contributed by atoms with Crippen LogP contribution in [0.15, 0.2) is 41.2 Å². The van der Waals surface area contributed by atoms with Crippen LogP contribution in [0.3, 0.4) is 0 Å². The number of piperazine rings is 1. The number of anilines is 1. The van der Waals surface area contributed by atoms with Crippen LogP contribution in [0.1, 0.15) is 45.2 Å². The first-order valence-electron chi connectivity index (χ1n) is 12.1. The van der Waals surface area contributed by atoms with E-state index in [0.29, 0.717) is 41.3 Å². The topological polar surface area (TPSA) is 55.0 Å². The lowest BCUT2D eigenvalue weighted by Crippen LogP contribution is -2.58. The molecule has 1 aromatic carbocycles. The first-order chi connectivity index (χ1) is 16.8. The average Bonchev–Trinajstić information content (AvgIpc) is 2.88. The number of aryl methyl sites for hydroxylation is 1. The molecule has 1 saturated heterocycles. The number of rotatable bonds is 6. The molecular formula is C27H32FN5O2. The van der Waals surface area contributed by atoms with E-state index in [4.69, 9.17) is 11.3 Å². The van der Waals surface area contributed by atoms with Gasteiger partial charge in [0.1, 0.15) is 11.6 Å². The fourth-order valence-corrected chi connectivity index (χ4v) is 5.26. The number of ether oxygens (including phenoxy) is 1. The second-order valence-corrected chi connectivity index (χ2v) is 9.15. The molecule has 0 N–H and O–H groups in total. The summed E-state index contributed by atoms with van der Waals surface area (Å²) < 4.78 is 21.8. The molecule has 1 aliphatic heterocycles. The van der Waals surface area contributed by atoms with Crippen LogP contribution in [-0.4, -0.2) is 46.7 Å². The zero-order valence-corrected chi connectivity index (χ0v) is 21.0. The van der Waals surface area contributed by atoms with E-state index < -0.39 is 0 Å². The van der Waals surface area contributed by atoms with Crippen LogP contribution in [0.5, 0.6) is 5.75 Å². The fourth-order valence-electron chi connectivity index (χ4n) is 5.26. The number of nitrogens with zero attached hydrogens (tertiary/aromatic N) is 5. The second-order valence-electron chi connectivity index (χ2n) is 9.15. The maximum atomic E-state index is 14.9. The molecule has 3 aromatic rings. The zero-order chi connectivity index (χ0) is 25.3. The lowest BCUT2D eigenvalue weighted by atomic mass is 9.95. The van der Waals surface area contributed by atoms with Crippen molar-refractivity contribution in [3.8, 4) is 5.75 Å². The van der Waals surface area contributed by atoms with Crippen LogP contribution in [0.4, 0.5) is 15.9 Å². The minimum absolute atomic E-state index is 0.0940. The number of aromatic nitrogens is 2. The van der Waals surface area contributed by atoms with Gasteiger partial charge >= 0.3 is 0 Å². The van der Waals surface area contributed by atoms with Crippen molar-refractivity contribution in [3.63, 3.8) is 0 Å². The molecule has 2 aromatic heterocycles. The molecule has 0 bridgehead atoms. The van der Waals surface area contributed by atoms with E-state index in [1.165, 1.54) is 6.07 Å². The quantitative estimate of drug-likeness (QED) is 0.464. The predicted octanol–water partition coefficient (Wildman–Crippen LogP) is 5.07. The minimum Gasteiger partial charge on any atom is -0.497 e. The van der Waals surface area contributed by atoms with Crippen LogP contribution in [0.25, 0.3) is 15.9 Å². The maximum absolute atomic E-state index is 14.9. The standard InChI is InChI=1S/C27H32FN5O2/c1-7-18-16-32(22(8-2)20-13-19(35-6)9-10-21(20)28)17(3)15-33(18)24-14-26(34)31(5)23-11-12-25(29-4)30-27(23)24/h9-14,17-18,22H,7-8,15-16H2,1-3,5-6H3/t17-,18+,22?/m1/s1. The van der Waals surface area contributed by atoms with Crippen molar-refractivity contribution < 1.29 is 9.13 Å². The van der Waals surface area contributed by atoms with Crippen LogP contribution in [0.2, 0.25) is 0 Å². The number of benzene rings is 1. The summed E-state index contributed by atoms with van der Waals surface area (Å²) in [6.45, 7) is 15.1. The number of hydrogen-bond acceptors (Lipinski definition) is 5. The third-order valence-electron chi connectivity index (χ3n) is 7.19. The van der Waals surface area contributed by atoms with E-state index in [2.05, 4.69) is 40.4 Å². The van der Waals surface area contributed by atoms with Crippen molar-refractivity contribution in [3.05, 3.63) is 69.5 Å². The molecule has 0 radical (unpaired) electrons. The third-order valence-corrected chi connectivity index (χ3v) is 7.19. The Labute approximate surface area is 205 Å². The molecule has 1 fully saturated rings. The summed E-state index contributed by atoms with van der Waals surface area (Å²) in [7, 11) is 3.31. The molecule has 8 heteroatoms. The predicted molar refractivity (Wildman–Crippen MR) is 137 cm³/mol. The molecule has 35 heavy (non-hydrogen) atoms. The van der Waals surface area contributed by atoms with E-state index in [1.807, 2.05) is 0 Å². The minimum atomic E-state index is -0.228. The lowest BCUT2D eigenvalue weighted by molar-refractivity contribution is 0.100. The molecule has 0 amide bonds. The Bertz CT molecular complexity index is 1330. The highest BCUT2D eigenvalue weighted by Gasteiger charge is 2.37. The van der Waals surface area contributed by atoms with E-state index >= 15 is 0 Å². The van der Waals surface area contributed by atoms with Crippen molar-refractivity contribution in [1.29, 1.82) is 0 Å². The third kappa shape index (κ3) is 4.48. The smallest absolute Gasteiger partial charge is 0.270 e. The molecule has 3 atom stereocenters. The Morgan fingerprint density at radius 2 is 2.00 bits per heavy atom. The number of pyridine rings is 2. The monoisotopic (exact) mass is 477 g/mol. The molecular weight excluding hydrogens is 445 g/mol. The SMILES string of the molecule is [C-]#[N+]c1ccc2c(n1)c(N1C[C@@H](C)N(C(CC)c3cc(OC)ccc3F)C[C@@H]1CC)cc(=O)n2C. The summed E-state index contributed by atoms with van der Waals surface area (Å²) in [5.41, 5.74) is 2.65. The van der Waals surface area contributed by atoms with Gasteiger partial charge in [-0.05, 0) is 50.1 Å². The van der Waals surface area contributed by atoms with Crippen molar-refractivity contribution in [2.45, 2.75) is 51.7 Å². The van der Waals surface area contributed by atoms with Gasteiger partial charge in [-0.15, -0.1) is 4.98 Å². The Hall–Kier alpha value is -3.44. The normalized spacial score (nSPS) is 19.5. The summed E-state index contributed by atoms with van der Waals surface area (Å²) in [6, 6.07) is 10.1. The van der Waals surface area contributed by atoms with Crippen LogP contribution in [-0.2, 0) is 7.05 Å². The molecule has 1 aliphatic rings. The fraction of sp³-hybridized carbons (Fsp3) is 0.444. The highest BCUT2D eigenvalue weighted by molar-refractivity contribution is 5.89. The van der Waals surface area contributed by atoms with Gasteiger partial charge in [-0.2, -0.15) is 0 Å². The number of halogens is 1. The Balaban J connectivity index is 1.75. The highest BCUT2D eigenvalue weighted by atomic mass is 19.1. The van der Waals surface area contributed by atoms with Crippen LogP contribution < -0.4 is 15.2 Å². The van der Waals surface area contributed by atoms with Crippen molar-refractivity contribution in [1.82, 2.24) is 14.5 Å². The molecule has 7 nitrogen and oxygen atoms in total. The molecule has 184 valence electrons. The van der Waals surface area contributed by atoms with Gasteiger partial charge < -0.3 is 19.0 Å². The van der Waals surface area contributed by atoms with Gasteiger partial charge in [-0.25, -0.2) is 4.39 Å². The number of methoxy groups -OCH3 is 1. The summed E-state index contributed by atoms with van der Waals surface area (Å²) >= 11 is 0. The summed E-state index contributed by atoms with van der Waals surface area (Å²) in [5, 5.41) is 0. The second kappa shape index (κ2) is 10.0. The van der Waals surface area contributed by atoms with Gasteiger partial charge in [0, 0.05) is 49.9 Å². The van der Waals surface area contributed by atoms with Crippen molar-refractivity contribution >= 4 is 22.5 Å². The van der Waals surface area contributed by atoms with Gasteiger partial charge in [0.25, 0.3) is 11.4 Å². The molecule has 0 aliphatic carbocycles. The highest BCUT2D eigenvalue weighted by Crippen LogP contribution is 2.36. The molecule has 4 rings (SSSR count). The first kappa shape index (κ1) is 24.7. The zero-order valence-electron chi connectivity index (χ0n) is 21.0. The van der Waals surface area contributed by atoms with E-state index in [9.17, 15) is 9.18 Å². The average molecular weight is 478 g/mol. The van der Waals surface area contributed by atoms with Gasteiger partial charge in [0.15, 0.2) is 0 Å². The van der Waals surface area contributed by atoms with E-state index in [-0.39, 0.29) is 29.5 Å². The molecule has 0 spiro atoms. The molecule has 3 heterocycles. The summed E-state index contributed by atoms with van der Waals surface area (Å²) in [6.07, 6.45) is 1.61.